The van der Waals surface area contributed by atoms with E-state index in [4.69, 9.17) is 16.3 Å². The molecule has 1 atom stereocenters. The van der Waals surface area contributed by atoms with Crippen LogP contribution in [0.15, 0.2) is 95.1 Å². The van der Waals surface area contributed by atoms with Gasteiger partial charge >= 0.3 is 0 Å². The van der Waals surface area contributed by atoms with Gasteiger partial charge in [0.2, 0.25) is 18.0 Å². The summed E-state index contributed by atoms with van der Waals surface area (Å²) in [5.74, 6) is -0.0449. The molecule has 0 radical (unpaired) electrons. The number of amides is 1. The Bertz CT molecular complexity index is 1500. The second-order valence-electron chi connectivity index (χ2n) is 7.46. The molecule has 1 amide bonds. The zero-order chi connectivity index (χ0) is 23.2. The Kier molecular flexibility index (Phi) is 5.19. The van der Waals surface area contributed by atoms with E-state index in [2.05, 4.69) is 5.10 Å². The third kappa shape index (κ3) is 3.67. The fraction of sp³-hybridized carbons (Fsp3) is 0.0833. The zero-order valence-electron chi connectivity index (χ0n) is 17.4. The predicted octanol–water partition coefficient (Wildman–Crippen LogP) is 4.77. The highest BCUT2D eigenvalue weighted by Gasteiger charge is 2.36. The molecule has 0 aliphatic carbocycles. The lowest BCUT2D eigenvalue weighted by Crippen LogP contribution is -2.25. The molecule has 3 aromatic carbocycles. The van der Waals surface area contributed by atoms with Crippen molar-refractivity contribution in [3.05, 3.63) is 101 Å². The minimum absolute atomic E-state index is 0.0937. The molecule has 0 fully saturated rings. The van der Waals surface area contributed by atoms with E-state index in [1.54, 1.807) is 24.3 Å². The maximum atomic E-state index is 13.5. The van der Waals surface area contributed by atoms with Gasteiger partial charge in [-0.15, -0.1) is 5.10 Å². The van der Waals surface area contributed by atoms with Gasteiger partial charge in [-0.1, -0.05) is 48.0 Å². The first-order valence-electron chi connectivity index (χ1n) is 10.1. The summed E-state index contributed by atoms with van der Waals surface area (Å²) in [5, 5.41) is 6.67. The minimum atomic E-state index is -3.93. The summed E-state index contributed by atoms with van der Waals surface area (Å²) in [6.07, 6.45) is 0.572. The molecule has 33 heavy (non-hydrogen) atoms. The summed E-state index contributed by atoms with van der Waals surface area (Å²) in [6, 6.07) is 22.2. The standard InChI is InChI=1S/C24H18ClN3O4S/c1-16(29)28-24(32-23(26-28)17-7-3-2-4-8-17)21-15-27(22-10-6-5-9-20(21)22)33(30,31)19-13-11-18(25)12-14-19/h2-15,24H,1H3. The lowest BCUT2D eigenvalue weighted by atomic mass is 10.1. The Balaban J connectivity index is 1.64. The smallest absolute Gasteiger partial charge is 0.268 e. The molecule has 2 heterocycles. The number of rotatable bonds is 4. The molecular formula is C24H18ClN3O4S. The van der Waals surface area contributed by atoms with Crippen LogP contribution >= 0.6 is 11.6 Å². The maximum absolute atomic E-state index is 13.5. The summed E-state index contributed by atoms with van der Waals surface area (Å²) in [4.78, 5) is 12.5. The number of nitrogens with zero attached hydrogens (tertiary/aromatic N) is 3. The lowest BCUT2D eigenvalue weighted by molar-refractivity contribution is -0.135. The average molecular weight is 480 g/mol. The Hall–Kier alpha value is -3.62. The van der Waals surface area contributed by atoms with E-state index >= 15 is 0 Å². The first-order chi connectivity index (χ1) is 15.9. The number of hydrazone groups is 1. The Morgan fingerprint density at radius 2 is 1.64 bits per heavy atom. The van der Waals surface area contributed by atoms with Gasteiger partial charge < -0.3 is 4.74 Å². The second-order valence-corrected chi connectivity index (χ2v) is 9.71. The molecule has 1 aliphatic rings. The largest absolute Gasteiger partial charge is 0.446 e. The van der Waals surface area contributed by atoms with Crippen molar-refractivity contribution in [2.75, 3.05) is 0 Å². The number of fused-ring (bicyclic) bond motifs is 1. The number of ether oxygens (including phenoxy) is 1. The van der Waals surface area contributed by atoms with Crippen LogP contribution in [-0.2, 0) is 19.6 Å². The van der Waals surface area contributed by atoms with Crippen LogP contribution in [0.3, 0.4) is 0 Å². The van der Waals surface area contributed by atoms with Crippen LogP contribution in [0.5, 0.6) is 0 Å². The van der Waals surface area contributed by atoms with Crippen molar-refractivity contribution in [1.82, 2.24) is 8.98 Å². The van der Waals surface area contributed by atoms with E-state index < -0.39 is 16.3 Å². The third-order valence-corrected chi connectivity index (χ3v) is 7.27. The fourth-order valence-corrected chi connectivity index (χ4v) is 5.26. The van der Waals surface area contributed by atoms with Crippen LogP contribution in [-0.4, -0.2) is 29.2 Å². The normalized spacial score (nSPS) is 16.0. The average Bonchev–Trinajstić information content (AvgIpc) is 3.43. The van der Waals surface area contributed by atoms with E-state index in [9.17, 15) is 13.2 Å². The van der Waals surface area contributed by atoms with E-state index in [0.717, 1.165) is 0 Å². The first kappa shape index (κ1) is 21.2. The summed E-state index contributed by atoms with van der Waals surface area (Å²) < 4.78 is 34.2. The van der Waals surface area contributed by atoms with Gasteiger partial charge in [0, 0.05) is 34.7 Å². The molecule has 9 heteroatoms. The molecule has 0 bridgehead atoms. The zero-order valence-corrected chi connectivity index (χ0v) is 19.0. The molecule has 0 N–H and O–H groups in total. The summed E-state index contributed by atoms with van der Waals surface area (Å²) >= 11 is 5.93. The number of para-hydroxylation sites is 1. The van der Waals surface area contributed by atoms with Gasteiger partial charge in [0.25, 0.3) is 10.0 Å². The maximum Gasteiger partial charge on any atom is 0.268 e. The van der Waals surface area contributed by atoms with Gasteiger partial charge in [0.15, 0.2) is 0 Å². The fourth-order valence-electron chi connectivity index (χ4n) is 3.76. The minimum Gasteiger partial charge on any atom is -0.446 e. The topological polar surface area (TPSA) is 81.0 Å². The SMILES string of the molecule is CC(=O)N1N=C(c2ccccc2)OC1c1cn(S(=O)(=O)c2ccc(Cl)cc2)c2ccccc12. The molecule has 1 aromatic heterocycles. The molecule has 5 rings (SSSR count). The van der Waals surface area contributed by atoms with Gasteiger partial charge in [-0.25, -0.2) is 12.4 Å². The molecule has 0 saturated carbocycles. The number of aromatic nitrogens is 1. The van der Waals surface area contributed by atoms with Gasteiger partial charge in [-0.2, -0.15) is 5.01 Å². The van der Waals surface area contributed by atoms with Crippen molar-refractivity contribution < 1.29 is 17.9 Å². The van der Waals surface area contributed by atoms with Crippen molar-refractivity contribution in [1.29, 1.82) is 0 Å². The van der Waals surface area contributed by atoms with Crippen molar-refractivity contribution >= 4 is 44.3 Å². The number of halogens is 1. The lowest BCUT2D eigenvalue weighted by Gasteiger charge is -2.18. The Morgan fingerprint density at radius 1 is 0.970 bits per heavy atom. The number of carbonyl (C=O) groups excluding carboxylic acids is 1. The monoisotopic (exact) mass is 479 g/mol. The molecule has 1 aliphatic heterocycles. The summed E-state index contributed by atoms with van der Waals surface area (Å²) in [5.41, 5.74) is 1.68. The second kappa shape index (κ2) is 8.06. The van der Waals surface area contributed by atoms with Gasteiger partial charge in [0.1, 0.15) is 0 Å². The number of hydrogen-bond donors (Lipinski definition) is 0. The van der Waals surface area contributed by atoms with Crippen molar-refractivity contribution in [2.24, 2.45) is 5.10 Å². The highest BCUT2D eigenvalue weighted by molar-refractivity contribution is 7.90. The van der Waals surface area contributed by atoms with Crippen LogP contribution in [0.4, 0.5) is 0 Å². The Morgan fingerprint density at radius 3 is 2.33 bits per heavy atom. The van der Waals surface area contributed by atoms with E-state index in [-0.39, 0.29) is 16.7 Å². The molecule has 0 saturated heterocycles. The quantitative estimate of drug-likeness (QED) is 0.422. The highest BCUT2D eigenvalue weighted by Crippen LogP contribution is 2.37. The van der Waals surface area contributed by atoms with Crippen LogP contribution in [0.2, 0.25) is 5.02 Å². The summed E-state index contributed by atoms with van der Waals surface area (Å²) in [6.45, 7) is 1.39. The third-order valence-electron chi connectivity index (χ3n) is 5.33. The van der Waals surface area contributed by atoms with Crippen molar-refractivity contribution in [3.63, 3.8) is 0 Å². The summed E-state index contributed by atoms with van der Waals surface area (Å²) in [7, 11) is -3.93. The van der Waals surface area contributed by atoms with Gasteiger partial charge in [0.05, 0.1) is 10.4 Å². The van der Waals surface area contributed by atoms with E-state index in [0.29, 0.717) is 27.1 Å². The number of hydrogen-bond acceptors (Lipinski definition) is 5. The number of carbonyl (C=O) groups is 1. The van der Waals surface area contributed by atoms with E-state index in [1.807, 2.05) is 30.3 Å². The molecule has 0 spiro atoms. The van der Waals surface area contributed by atoms with Crippen molar-refractivity contribution in [2.45, 2.75) is 18.0 Å². The van der Waals surface area contributed by atoms with Crippen LogP contribution in [0.1, 0.15) is 24.3 Å². The van der Waals surface area contributed by atoms with E-state index in [1.165, 1.54) is 46.4 Å². The Labute approximate surface area is 195 Å². The van der Waals surface area contributed by atoms with Gasteiger partial charge in [-0.3, -0.25) is 4.79 Å². The van der Waals surface area contributed by atoms with Crippen LogP contribution in [0, 0.1) is 0 Å². The van der Waals surface area contributed by atoms with Gasteiger partial charge in [-0.05, 0) is 42.5 Å². The molecule has 7 nitrogen and oxygen atoms in total. The first-order valence-corrected chi connectivity index (χ1v) is 11.9. The van der Waals surface area contributed by atoms with Crippen LogP contribution in [0.25, 0.3) is 10.9 Å². The predicted molar refractivity (Wildman–Crippen MR) is 125 cm³/mol. The highest BCUT2D eigenvalue weighted by atomic mass is 35.5. The molecule has 166 valence electrons. The van der Waals surface area contributed by atoms with Crippen LogP contribution < -0.4 is 0 Å². The molecule has 1 unspecified atom stereocenters. The molecular weight excluding hydrogens is 462 g/mol. The number of benzene rings is 3. The molecule has 4 aromatic rings. The van der Waals surface area contributed by atoms with Crippen molar-refractivity contribution in [3.8, 4) is 0 Å².